The average molecular weight is 353 g/mol. The number of phenols is 1. The first-order valence-electron chi connectivity index (χ1n) is 9.44. The van der Waals surface area contributed by atoms with Crippen molar-refractivity contribution >= 4 is 11.0 Å². The van der Waals surface area contributed by atoms with Crippen LogP contribution in [0.15, 0.2) is 36.4 Å². The number of hydrogen-bond donors (Lipinski definition) is 1. The van der Waals surface area contributed by atoms with E-state index in [2.05, 4.69) is 23.2 Å². The summed E-state index contributed by atoms with van der Waals surface area (Å²) in [4.78, 5) is 1.48. The molecule has 1 aromatic heterocycles. The standard InChI is InChI=1S/C21H27N3O2/c1-3-4-5-6-7-8-9-16-10-13-20(21(25)14-16)24-22-18-12-11-17(26-2)15-19(18)23-24/h10-15,25H,3-9H2,1-2H3. The number of ether oxygens (including phenoxy) is 1. The summed E-state index contributed by atoms with van der Waals surface area (Å²) in [7, 11) is 1.62. The Hall–Kier alpha value is -2.56. The number of aromatic hydroxyl groups is 1. The van der Waals surface area contributed by atoms with Crippen LogP contribution >= 0.6 is 0 Å². The zero-order valence-electron chi connectivity index (χ0n) is 15.6. The van der Waals surface area contributed by atoms with E-state index in [1.54, 1.807) is 7.11 Å². The molecule has 0 fully saturated rings. The number of fused-ring (bicyclic) bond motifs is 1. The molecule has 0 atom stereocenters. The van der Waals surface area contributed by atoms with Crippen molar-refractivity contribution < 1.29 is 9.84 Å². The van der Waals surface area contributed by atoms with Crippen LogP contribution in [0.5, 0.6) is 11.5 Å². The van der Waals surface area contributed by atoms with Crippen molar-refractivity contribution in [1.29, 1.82) is 0 Å². The smallest absolute Gasteiger partial charge is 0.143 e. The van der Waals surface area contributed by atoms with E-state index in [4.69, 9.17) is 4.74 Å². The first kappa shape index (κ1) is 18.2. The molecule has 0 amide bonds. The summed E-state index contributed by atoms with van der Waals surface area (Å²) in [6.45, 7) is 2.23. The van der Waals surface area contributed by atoms with Crippen LogP contribution in [-0.2, 0) is 6.42 Å². The Morgan fingerprint density at radius 2 is 1.69 bits per heavy atom. The highest BCUT2D eigenvalue weighted by molar-refractivity contribution is 5.75. The van der Waals surface area contributed by atoms with E-state index >= 15 is 0 Å². The third-order valence-electron chi connectivity index (χ3n) is 4.66. The van der Waals surface area contributed by atoms with Gasteiger partial charge in [-0.25, -0.2) is 0 Å². The van der Waals surface area contributed by atoms with E-state index < -0.39 is 0 Å². The number of unbranched alkanes of at least 4 members (excludes halogenated alkanes) is 5. The lowest BCUT2D eigenvalue weighted by Crippen LogP contribution is -1.99. The van der Waals surface area contributed by atoms with Crippen LogP contribution in [0.2, 0.25) is 0 Å². The van der Waals surface area contributed by atoms with E-state index in [0.717, 1.165) is 35.2 Å². The molecular weight excluding hydrogens is 326 g/mol. The summed E-state index contributed by atoms with van der Waals surface area (Å²) in [5, 5.41) is 19.3. The summed E-state index contributed by atoms with van der Waals surface area (Å²) in [5.74, 6) is 0.948. The maximum absolute atomic E-state index is 10.4. The monoisotopic (exact) mass is 353 g/mol. The first-order valence-corrected chi connectivity index (χ1v) is 9.44. The van der Waals surface area contributed by atoms with Crippen LogP contribution in [0, 0.1) is 0 Å². The zero-order chi connectivity index (χ0) is 18.4. The summed E-state index contributed by atoms with van der Waals surface area (Å²) in [6.07, 6.45) is 8.62. The molecule has 138 valence electrons. The van der Waals surface area contributed by atoms with Gasteiger partial charge in [0.2, 0.25) is 0 Å². The summed E-state index contributed by atoms with van der Waals surface area (Å²) in [6, 6.07) is 11.3. The van der Waals surface area contributed by atoms with Crippen LogP contribution in [-0.4, -0.2) is 27.2 Å². The maximum atomic E-state index is 10.4. The average Bonchev–Trinajstić information content (AvgIpc) is 3.07. The lowest BCUT2D eigenvalue weighted by molar-refractivity contribution is 0.415. The second kappa shape index (κ2) is 8.70. The molecular formula is C21H27N3O2. The minimum Gasteiger partial charge on any atom is -0.506 e. The van der Waals surface area contributed by atoms with Crippen molar-refractivity contribution in [2.45, 2.75) is 51.9 Å². The third-order valence-corrected chi connectivity index (χ3v) is 4.66. The predicted octanol–water partition coefficient (Wildman–Crippen LogP) is 5.04. The van der Waals surface area contributed by atoms with Gasteiger partial charge < -0.3 is 9.84 Å². The van der Waals surface area contributed by atoms with Crippen molar-refractivity contribution in [2.24, 2.45) is 0 Å². The molecule has 0 saturated carbocycles. The third kappa shape index (κ3) is 4.34. The summed E-state index contributed by atoms with van der Waals surface area (Å²) in [5.41, 5.74) is 3.24. The normalized spacial score (nSPS) is 11.2. The van der Waals surface area contributed by atoms with Gasteiger partial charge in [-0.2, -0.15) is 0 Å². The molecule has 2 aromatic carbocycles. The van der Waals surface area contributed by atoms with Crippen LogP contribution in [0.3, 0.4) is 0 Å². The highest BCUT2D eigenvalue weighted by Gasteiger charge is 2.10. The van der Waals surface area contributed by atoms with Crippen LogP contribution in [0.25, 0.3) is 16.7 Å². The molecule has 0 aliphatic carbocycles. The Morgan fingerprint density at radius 3 is 2.46 bits per heavy atom. The van der Waals surface area contributed by atoms with E-state index in [9.17, 15) is 5.11 Å². The van der Waals surface area contributed by atoms with Crippen molar-refractivity contribution in [1.82, 2.24) is 15.0 Å². The largest absolute Gasteiger partial charge is 0.506 e. The van der Waals surface area contributed by atoms with Gasteiger partial charge in [0.05, 0.1) is 7.11 Å². The van der Waals surface area contributed by atoms with E-state index in [1.807, 2.05) is 30.3 Å². The maximum Gasteiger partial charge on any atom is 0.143 e. The van der Waals surface area contributed by atoms with Gasteiger partial charge >= 0.3 is 0 Å². The minimum atomic E-state index is 0.209. The lowest BCUT2D eigenvalue weighted by atomic mass is 10.0. The van der Waals surface area contributed by atoms with Gasteiger partial charge in [0.1, 0.15) is 28.2 Å². The molecule has 1 heterocycles. The fourth-order valence-electron chi connectivity index (χ4n) is 3.13. The highest BCUT2D eigenvalue weighted by atomic mass is 16.5. The van der Waals surface area contributed by atoms with Crippen molar-refractivity contribution in [2.75, 3.05) is 7.11 Å². The molecule has 0 bridgehead atoms. The molecule has 1 N–H and O–H groups in total. The number of aromatic nitrogens is 3. The number of nitrogens with zero attached hydrogens (tertiary/aromatic N) is 3. The van der Waals surface area contributed by atoms with Gasteiger partial charge in [-0.15, -0.1) is 15.0 Å². The quantitative estimate of drug-likeness (QED) is 0.548. The van der Waals surface area contributed by atoms with Gasteiger partial charge in [0.15, 0.2) is 0 Å². The number of phenolic OH excluding ortho intramolecular Hbond substituents is 1. The highest BCUT2D eigenvalue weighted by Crippen LogP contribution is 2.25. The molecule has 26 heavy (non-hydrogen) atoms. The molecule has 0 aliphatic rings. The Labute approximate surface area is 154 Å². The summed E-state index contributed by atoms with van der Waals surface area (Å²) >= 11 is 0. The Kier molecular flexibility index (Phi) is 6.10. The van der Waals surface area contributed by atoms with Gasteiger partial charge in [-0.05, 0) is 42.7 Å². The second-order valence-corrected chi connectivity index (χ2v) is 6.68. The zero-order valence-corrected chi connectivity index (χ0v) is 15.6. The number of aryl methyl sites for hydroxylation is 1. The van der Waals surface area contributed by atoms with Gasteiger partial charge in [0.25, 0.3) is 0 Å². The van der Waals surface area contributed by atoms with Crippen LogP contribution in [0.4, 0.5) is 0 Å². The van der Waals surface area contributed by atoms with Gasteiger partial charge in [0, 0.05) is 6.07 Å². The number of rotatable bonds is 9. The fourth-order valence-corrected chi connectivity index (χ4v) is 3.13. The van der Waals surface area contributed by atoms with Crippen molar-refractivity contribution in [3.63, 3.8) is 0 Å². The number of methoxy groups -OCH3 is 1. The van der Waals surface area contributed by atoms with Gasteiger partial charge in [-0.1, -0.05) is 45.1 Å². The topological polar surface area (TPSA) is 60.2 Å². The van der Waals surface area contributed by atoms with E-state index in [0.29, 0.717) is 5.69 Å². The van der Waals surface area contributed by atoms with E-state index in [-0.39, 0.29) is 5.75 Å². The first-order chi connectivity index (χ1) is 12.7. The van der Waals surface area contributed by atoms with Crippen molar-refractivity contribution in [3.8, 4) is 17.2 Å². The molecule has 0 aliphatic heterocycles. The van der Waals surface area contributed by atoms with E-state index in [1.165, 1.54) is 36.9 Å². The van der Waals surface area contributed by atoms with Gasteiger partial charge in [-0.3, -0.25) is 0 Å². The second-order valence-electron chi connectivity index (χ2n) is 6.68. The SMILES string of the molecule is CCCCCCCCc1ccc(-n2nc3ccc(OC)cc3n2)c(O)c1. The molecule has 0 unspecified atom stereocenters. The number of hydrogen-bond acceptors (Lipinski definition) is 4. The van der Waals surface area contributed by atoms with Crippen LogP contribution < -0.4 is 4.74 Å². The molecule has 3 rings (SSSR count). The molecule has 0 saturated heterocycles. The molecule has 0 spiro atoms. The predicted molar refractivity (Wildman–Crippen MR) is 104 cm³/mol. The lowest BCUT2D eigenvalue weighted by Gasteiger charge is -2.06. The molecule has 5 nitrogen and oxygen atoms in total. The van der Waals surface area contributed by atoms with Crippen molar-refractivity contribution in [3.05, 3.63) is 42.0 Å². The Balaban J connectivity index is 1.67. The van der Waals surface area contributed by atoms with Crippen LogP contribution in [0.1, 0.15) is 51.0 Å². The molecule has 3 aromatic rings. The fraction of sp³-hybridized carbons (Fsp3) is 0.429. The molecule has 0 radical (unpaired) electrons. The number of benzene rings is 2. The Bertz CT molecular complexity index is 858. The Morgan fingerprint density at radius 1 is 0.923 bits per heavy atom. The molecule has 5 heteroatoms. The minimum absolute atomic E-state index is 0.209. The summed E-state index contributed by atoms with van der Waals surface area (Å²) < 4.78 is 5.22.